The molecule has 0 fully saturated rings. The summed E-state index contributed by atoms with van der Waals surface area (Å²) in [7, 11) is -6.56. The van der Waals surface area contributed by atoms with Crippen LogP contribution in [0.25, 0.3) is 0 Å². The second-order valence-electron chi connectivity index (χ2n) is 1.90. The Morgan fingerprint density at radius 1 is 1.13 bits per heavy atom. The lowest BCUT2D eigenvalue weighted by molar-refractivity contribution is -0.378. The summed E-state index contributed by atoms with van der Waals surface area (Å²) < 4.78 is 100. The number of rotatable bonds is 3. The molecule has 94 valence electrons. The molecule has 0 rings (SSSR count). The van der Waals surface area contributed by atoms with Gasteiger partial charge in [0.1, 0.15) is 0 Å². The van der Waals surface area contributed by atoms with Crippen LogP contribution in [-0.4, -0.2) is 30.9 Å². The van der Waals surface area contributed by atoms with Gasteiger partial charge in [0, 0.05) is 0 Å². The molecule has 0 N–H and O–H groups in total. The standard InChI is InChI=1S/C3H2F6O4S.H3P/c4-1(13-3(7,8)9)2(5,6)14(10,11)12;/h1H,(H,10,11,12);1H3. The first-order valence-corrected chi connectivity index (χ1v) is 4.00. The van der Waals surface area contributed by atoms with Gasteiger partial charge in [-0.25, -0.2) is 17.5 Å². The van der Waals surface area contributed by atoms with Gasteiger partial charge in [-0.3, -0.25) is 0 Å². The van der Waals surface area contributed by atoms with Crippen molar-refractivity contribution in [3.63, 3.8) is 0 Å². The zero-order valence-corrected chi connectivity index (χ0v) is 9.70. The Kier molecular flexibility index (Phi) is 5.54. The van der Waals surface area contributed by atoms with E-state index in [2.05, 4.69) is 0 Å². The van der Waals surface area contributed by atoms with Gasteiger partial charge in [0.25, 0.3) is 6.36 Å². The lowest BCUT2D eigenvalue weighted by Gasteiger charge is -2.23. The summed E-state index contributed by atoms with van der Waals surface area (Å²) in [4.78, 5) is 0. The summed E-state index contributed by atoms with van der Waals surface area (Å²) in [5.74, 6) is 0. The van der Waals surface area contributed by atoms with Gasteiger partial charge in [-0.05, 0) is 9.90 Å². The molecule has 0 saturated carbocycles. The molecule has 0 radical (unpaired) electrons. The van der Waals surface area contributed by atoms with E-state index in [1.54, 1.807) is 0 Å². The first-order valence-electron chi connectivity index (χ1n) is 2.60. The van der Waals surface area contributed by atoms with Crippen molar-refractivity contribution in [3.05, 3.63) is 0 Å². The highest BCUT2D eigenvalue weighted by Crippen LogP contribution is 2.32. The fourth-order valence-electron chi connectivity index (χ4n) is 0.299. The number of halogens is 6. The number of hydrogen-bond donors (Lipinski definition) is 0. The normalized spacial score (nSPS) is 15.7. The highest BCUT2D eigenvalue weighted by molar-refractivity contribution is 7.86. The first kappa shape index (κ1) is 17.3. The van der Waals surface area contributed by atoms with Gasteiger partial charge >= 0.3 is 11.6 Å². The zero-order valence-electron chi connectivity index (χ0n) is 6.89. The maximum atomic E-state index is 12.0. The van der Waals surface area contributed by atoms with Gasteiger partial charge in [-0.2, -0.15) is 8.78 Å². The van der Waals surface area contributed by atoms with Crippen molar-refractivity contribution in [1.29, 1.82) is 0 Å². The number of alkyl halides is 6. The summed E-state index contributed by atoms with van der Waals surface area (Å²) in [6.45, 7) is 0. The fourth-order valence-corrected chi connectivity index (χ4v) is 0.574. The molecule has 2 atom stereocenters. The molecule has 0 aliphatic carbocycles. The summed E-state index contributed by atoms with van der Waals surface area (Å²) in [5, 5.41) is -5.79. The zero-order chi connectivity index (χ0) is 11.8. The Balaban J connectivity index is 0. The van der Waals surface area contributed by atoms with Crippen molar-refractivity contribution in [2.24, 2.45) is 0 Å². The molecular weight excluding hydrogens is 277 g/mol. The lowest BCUT2D eigenvalue weighted by Crippen LogP contribution is -2.42. The molecule has 0 aliphatic rings. The molecule has 0 aromatic carbocycles. The minimum Gasteiger partial charge on any atom is -0.743 e. The molecular formula is C3H5F6O4PS. The third-order valence-corrected chi connectivity index (χ3v) is 1.69. The van der Waals surface area contributed by atoms with Crippen LogP contribution in [0, 0.1) is 0 Å². The molecule has 0 aromatic rings. The van der Waals surface area contributed by atoms with Crippen LogP contribution in [0.2, 0.25) is 0 Å². The van der Waals surface area contributed by atoms with Gasteiger partial charge in [-0.15, -0.1) is 13.2 Å². The van der Waals surface area contributed by atoms with Crippen LogP contribution in [0.15, 0.2) is 0 Å². The minimum atomic E-state index is -6.56. The van der Waals surface area contributed by atoms with Crippen LogP contribution < -0.4 is 0 Å². The predicted octanol–water partition coefficient (Wildman–Crippen LogP) is 0.747. The largest absolute Gasteiger partial charge is 0.743 e. The molecule has 4 nitrogen and oxygen atoms in total. The molecule has 2 unspecified atom stereocenters. The number of ether oxygens (including phenoxy) is 1. The minimum absolute atomic E-state index is 0. The monoisotopic (exact) mass is 282 g/mol. The summed E-state index contributed by atoms with van der Waals surface area (Å²) in [6.07, 6.45) is -10.4. The average molecular weight is 282 g/mol. The van der Waals surface area contributed by atoms with E-state index in [1.165, 1.54) is 0 Å². The Hall–Kier alpha value is -0.120. The van der Waals surface area contributed by atoms with E-state index in [4.69, 9.17) is 0 Å². The van der Waals surface area contributed by atoms with E-state index in [1.807, 2.05) is 4.74 Å². The quantitative estimate of drug-likeness (QED) is 0.435. The van der Waals surface area contributed by atoms with Crippen LogP contribution in [0.5, 0.6) is 0 Å². The van der Waals surface area contributed by atoms with Crippen LogP contribution in [0.3, 0.4) is 0 Å². The van der Waals surface area contributed by atoms with Crippen molar-refractivity contribution in [1.82, 2.24) is 0 Å². The highest BCUT2D eigenvalue weighted by Gasteiger charge is 2.53. The van der Waals surface area contributed by atoms with Crippen LogP contribution in [0.4, 0.5) is 26.3 Å². The average Bonchev–Trinajstić information content (AvgIpc) is 1.80. The van der Waals surface area contributed by atoms with Crippen molar-refractivity contribution >= 4 is 20.0 Å². The van der Waals surface area contributed by atoms with E-state index in [9.17, 15) is 39.3 Å². The Labute approximate surface area is 83.0 Å². The summed E-state index contributed by atoms with van der Waals surface area (Å²) in [5.41, 5.74) is 0. The van der Waals surface area contributed by atoms with E-state index < -0.39 is 28.1 Å². The van der Waals surface area contributed by atoms with Crippen LogP contribution >= 0.6 is 9.90 Å². The lowest BCUT2D eigenvalue weighted by atomic mass is 10.7. The fraction of sp³-hybridized carbons (Fsp3) is 1.00. The van der Waals surface area contributed by atoms with Gasteiger partial charge < -0.3 is 4.55 Å². The number of hydrogen-bond acceptors (Lipinski definition) is 4. The second-order valence-corrected chi connectivity index (χ2v) is 3.35. The predicted molar refractivity (Wildman–Crippen MR) is 39.2 cm³/mol. The Morgan fingerprint density at radius 2 is 1.47 bits per heavy atom. The summed E-state index contributed by atoms with van der Waals surface area (Å²) >= 11 is 0. The molecule has 0 amide bonds. The maximum Gasteiger partial charge on any atom is 0.525 e. The molecule has 0 heterocycles. The van der Waals surface area contributed by atoms with E-state index in [0.29, 0.717) is 0 Å². The second kappa shape index (κ2) is 4.81. The molecule has 15 heavy (non-hydrogen) atoms. The van der Waals surface area contributed by atoms with Crippen molar-refractivity contribution in [2.75, 3.05) is 0 Å². The molecule has 0 bridgehead atoms. The van der Waals surface area contributed by atoms with Gasteiger partial charge in [-0.1, -0.05) is 0 Å². The molecule has 12 heteroatoms. The third-order valence-electron chi connectivity index (χ3n) is 0.835. The van der Waals surface area contributed by atoms with Gasteiger partial charge in [0.2, 0.25) is 0 Å². The molecule has 0 spiro atoms. The van der Waals surface area contributed by atoms with Crippen molar-refractivity contribution in [2.45, 2.75) is 18.0 Å². The van der Waals surface area contributed by atoms with Crippen LogP contribution in [0.1, 0.15) is 0 Å². The van der Waals surface area contributed by atoms with E-state index in [-0.39, 0.29) is 9.90 Å². The van der Waals surface area contributed by atoms with Crippen molar-refractivity contribution < 1.29 is 44.0 Å². The van der Waals surface area contributed by atoms with Gasteiger partial charge in [0.05, 0.1) is 0 Å². The molecule has 0 saturated heterocycles. The topological polar surface area (TPSA) is 66.4 Å². The van der Waals surface area contributed by atoms with Crippen molar-refractivity contribution in [3.8, 4) is 0 Å². The SMILES string of the molecule is O=S(=O)([O-])C(F)(F)C(F)OC(F)(F)F.[PH4+]. The van der Waals surface area contributed by atoms with E-state index >= 15 is 0 Å². The molecule has 0 aromatic heterocycles. The smallest absolute Gasteiger partial charge is 0.525 e. The third kappa shape index (κ3) is 4.96. The molecule has 0 aliphatic heterocycles. The van der Waals surface area contributed by atoms with E-state index in [0.717, 1.165) is 0 Å². The first-order chi connectivity index (χ1) is 5.88. The Bertz CT molecular complexity index is 298. The summed E-state index contributed by atoms with van der Waals surface area (Å²) in [6, 6.07) is 0. The van der Waals surface area contributed by atoms with Crippen LogP contribution in [-0.2, 0) is 14.9 Å². The van der Waals surface area contributed by atoms with Gasteiger partial charge in [0.15, 0.2) is 10.1 Å². The Morgan fingerprint density at radius 3 is 1.67 bits per heavy atom. The maximum absolute atomic E-state index is 12.0. The highest BCUT2D eigenvalue weighted by atomic mass is 32.2.